The van der Waals surface area contributed by atoms with Gasteiger partial charge in [-0.3, -0.25) is 14.9 Å². The molecule has 2 aromatic rings. The quantitative estimate of drug-likeness (QED) is 0.322. The van der Waals surface area contributed by atoms with Crippen molar-refractivity contribution in [2.75, 3.05) is 24.8 Å². The Morgan fingerprint density at radius 2 is 1.90 bits per heavy atom. The van der Waals surface area contributed by atoms with Crippen LogP contribution >= 0.6 is 0 Å². The zero-order valence-electron chi connectivity index (χ0n) is 14.8. The molecule has 0 fully saturated rings. The largest absolute Gasteiger partial charge is 0.495 e. The molecule has 0 heterocycles. The van der Waals surface area contributed by atoms with Crippen LogP contribution in [0.15, 0.2) is 36.4 Å². The predicted octanol–water partition coefficient (Wildman–Crippen LogP) is 3.00. The van der Waals surface area contributed by atoms with Gasteiger partial charge in [-0.15, -0.1) is 0 Å². The summed E-state index contributed by atoms with van der Waals surface area (Å²) in [5.41, 5.74) is 3.25. The number of esters is 1. The maximum atomic E-state index is 12.6. The number of alkyl halides is 3. The fourth-order valence-electron chi connectivity index (χ4n) is 2.23. The molecule has 29 heavy (non-hydrogen) atoms. The Hall–Kier alpha value is -3.83. The first-order valence-corrected chi connectivity index (χ1v) is 7.79. The molecule has 0 aliphatic carbocycles. The summed E-state index contributed by atoms with van der Waals surface area (Å²) >= 11 is 0. The van der Waals surface area contributed by atoms with E-state index < -0.39 is 40.8 Å². The summed E-state index contributed by atoms with van der Waals surface area (Å²) in [6.07, 6.45) is -4.63. The number of carbonyl (C=O) groups is 2. The number of nitrogens with one attached hydrogen (secondary N) is 1. The first-order chi connectivity index (χ1) is 13.5. The van der Waals surface area contributed by atoms with Crippen molar-refractivity contribution in [1.29, 1.82) is 0 Å². The monoisotopic (exact) mass is 413 g/mol. The van der Waals surface area contributed by atoms with E-state index in [2.05, 4.69) is 5.32 Å². The Balaban J connectivity index is 2.05. The molecule has 154 valence electrons. The number of benzene rings is 2. The summed E-state index contributed by atoms with van der Waals surface area (Å²) in [6, 6.07) is 5.55. The Morgan fingerprint density at radius 3 is 2.45 bits per heavy atom. The highest BCUT2D eigenvalue weighted by atomic mass is 19.4. The maximum absolute atomic E-state index is 12.6. The number of anilines is 2. The van der Waals surface area contributed by atoms with Gasteiger partial charge in [-0.1, -0.05) is 0 Å². The van der Waals surface area contributed by atoms with Crippen molar-refractivity contribution in [3.63, 3.8) is 0 Å². The van der Waals surface area contributed by atoms with Crippen molar-refractivity contribution in [2.24, 2.45) is 0 Å². The van der Waals surface area contributed by atoms with Crippen molar-refractivity contribution in [3.05, 3.63) is 57.6 Å². The second-order valence-corrected chi connectivity index (χ2v) is 5.57. The predicted molar refractivity (Wildman–Crippen MR) is 94.4 cm³/mol. The molecule has 0 spiro atoms. The third-order valence-electron chi connectivity index (χ3n) is 3.60. The van der Waals surface area contributed by atoms with Crippen LogP contribution in [0.1, 0.15) is 15.9 Å². The van der Waals surface area contributed by atoms with E-state index >= 15 is 0 Å². The number of nitrogens with two attached hydrogens (primary N) is 1. The number of rotatable bonds is 6. The van der Waals surface area contributed by atoms with E-state index in [0.29, 0.717) is 12.1 Å². The minimum Gasteiger partial charge on any atom is -0.495 e. The van der Waals surface area contributed by atoms with Gasteiger partial charge >= 0.3 is 12.1 Å². The molecule has 1 amide bonds. The molecule has 0 saturated heterocycles. The lowest BCUT2D eigenvalue weighted by Crippen LogP contribution is -2.22. The lowest BCUT2D eigenvalue weighted by Gasteiger charge is -2.12. The summed E-state index contributed by atoms with van der Waals surface area (Å²) < 4.78 is 47.6. The number of nitrogen functional groups attached to an aromatic ring is 1. The van der Waals surface area contributed by atoms with Crippen LogP contribution in [0.4, 0.5) is 30.2 Å². The SMILES string of the molecule is COc1ccc([N+](=O)[O-])cc1NC(=O)COC(=O)c1ccc(C(F)(F)F)cc1N. The molecular formula is C17H14F3N3O6. The van der Waals surface area contributed by atoms with Crippen LogP contribution < -0.4 is 15.8 Å². The number of amides is 1. The lowest BCUT2D eigenvalue weighted by molar-refractivity contribution is -0.384. The number of ether oxygens (including phenoxy) is 2. The highest BCUT2D eigenvalue weighted by molar-refractivity contribution is 5.98. The number of nitrogens with zero attached hydrogens (tertiary/aromatic N) is 1. The average molecular weight is 413 g/mol. The zero-order valence-corrected chi connectivity index (χ0v) is 14.8. The van der Waals surface area contributed by atoms with E-state index in [1.165, 1.54) is 19.2 Å². The number of nitro benzene ring substituents is 1. The van der Waals surface area contributed by atoms with Gasteiger partial charge < -0.3 is 20.5 Å². The molecule has 0 bridgehead atoms. The summed E-state index contributed by atoms with van der Waals surface area (Å²) in [6.45, 7) is -0.814. The van der Waals surface area contributed by atoms with Crippen LogP contribution in [-0.4, -0.2) is 30.5 Å². The molecule has 2 aromatic carbocycles. The minimum absolute atomic E-state index is 0.0307. The van der Waals surface area contributed by atoms with Crippen molar-refractivity contribution < 1.29 is 37.2 Å². The Kier molecular flexibility index (Phi) is 6.26. The zero-order chi connectivity index (χ0) is 21.8. The molecule has 9 nitrogen and oxygen atoms in total. The molecule has 0 aliphatic heterocycles. The number of methoxy groups -OCH3 is 1. The molecule has 0 unspecified atom stereocenters. The Morgan fingerprint density at radius 1 is 1.21 bits per heavy atom. The average Bonchev–Trinajstić information content (AvgIpc) is 2.65. The van der Waals surface area contributed by atoms with Gasteiger partial charge in [0.1, 0.15) is 5.75 Å². The molecule has 0 atom stereocenters. The van der Waals surface area contributed by atoms with Crippen LogP contribution in [0.25, 0.3) is 0 Å². The number of halogens is 3. The smallest absolute Gasteiger partial charge is 0.416 e. The van der Waals surface area contributed by atoms with E-state index in [4.69, 9.17) is 15.2 Å². The third-order valence-corrected chi connectivity index (χ3v) is 3.60. The van der Waals surface area contributed by atoms with Crippen molar-refractivity contribution >= 4 is 28.9 Å². The van der Waals surface area contributed by atoms with E-state index in [1.807, 2.05) is 0 Å². The van der Waals surface area contributed by atoms with Crippen LogP contribution in [-0.2, 0) is 15.7 Å². The molecule has 2 rings (SSSR count). The standard InChI is InChI=1S/C17H14F3N3O6/c1-28-14-5-3-10(23(26)27)7-13(14)22-15(24)8-29-16(25)11-4-2-9(6-12(11)21)17(18,19)20/h2-7H,8,21H2,1H3,(H,22,24). The third kappa shape index (κ3) is 5.34. The van der Waals surface area contributed by atoms with Crippen LogP contribution in [0, 0.1) is 10.1 Å². The fraction of sp³-hybridized carbons (Fsp3) is 0.176. The number of nitro groups is 1. The Bertz CT molecular complexity index is 962. The van der Waals surface area contributed by atoms with E-state index in [-0.39, 0.29) is 22.7 Å². The summed E-state index contributed by atoms with van der Waals surface area (Å²) in [7, 11) is 1.28. The minimum atomic E-state index is -4.63. The molecule has 0 saturated carbocycles. The number of carbonyl (C=O) groups excluding carboxylic acids is 2. The van der Waals surface area contributed by atoms with Crippen LogP contribution in [0.2, 0.25) is 0 Å². The molecule has 0 aliphatic rings. The lowest BCUT2D eigenvalue weighted by atomic mass is 10.1. The first kappa shape index (κ1) is 21.5. The topological polar surface area (TPSA) is 134 Å². The van der Waals surface area contributed by atoms with Crippen LogP contribution in [0.3, 0.4) is 0 Å². The second-order valence-electron chi connectivity index (χ2n) is 5.57. The van der Waals surface area contributed by atoms with E-state index in [0.717, 1.165) is 12.1 Å². The highest BCUT2D eigenvalue weighted by Crippen LogP contribution is 2.31. The van der Waals surface area contributed by atoms with Gasteiger partial charge in [-0.05, 0) is 24.3 Å². The van der Waals surface area contributed by atoms with Gasteiger partial charge in [0.25, 0.3) is 11.6 Å². The van der Waals surface area contributed by atoms with Gasteiger partial charge in [0, 0.05) is 17.8 Å². The van der Waals surface area contributed by atoms with Gasteiger partial charge in [0.05, 0.1) is 28.8 Å². The maximum Gasteiger partial charge on any atom is 0.416 e. The Labute approximate surface area is 161 Å². The van der Waals surface area contributed by atoms with Gasteiger partial charge in [-0.2, -0.15) is 13.2 Å². The summed E-state index contributed by atoms with van der Waals surface area (Å²) in [5, 5.41) is 13.1. The van der Waals surface area contributed by atoms with E-state index in [1.54, 1.807) is 0 Å². The fourth-order valence-corrected chi connectivity index (χ4v) is 2.23. The van der Waals surface area contributed by atoms with Gasteiger partial charge in [0.15, 0.2) is 6.61 Å². The summed E-state index contributed by atoms with van der Waals surface area (Å²) in [5.74, 6) is -1.85. The van der Waals surface area contributed by atoms with Gasteiger partial charge in [-0.25, -0.2) is 4.79 Å². The number of hydrogen-bond acceptors (Lipinski definition) is 7. The number of hydrogen-bond donors (Lipinski definition) is 2. The van der Waals surface area contributed by atoms with Crippen molar-refractivity contribution in [1.82, 2.24) is 0 Å². The highest BCUT2D eigenvalue weighted by Gasteiger charge is 2.31. The van der Waals surface area contributed by atoms with Crippen molar-refractivity contribution in [3.8, 4) is 5.75 Å². The molecule has 12 heteroatoms. The summed E-state index contributed by atoms with van der Waals surface area (Å²) in [4.78, 5) is 34.1. The second kappa shape index (κ2) is 8.46. The van der Waals surface area contributed by atoms with Gasteiger partial charge in [0.2, 0.25) is 0 Å². The molecule has 3 N–H and O–H groups in total. The van der Waals surface area contributed by atoms with E-state index in [9.17, 15) is 32.9 Å². The molecular weight excluding hydrogens is 399 g/mol. The van der Waals surface area contributed by atoms with Crippen molar-refractivity contribution in [2.45, 2.75) is 6.18 Å². The van der Waals surface area contributed by atoms with Crippen LogP contribution in [0.5, 0.6) is 5.75 Å². The normalized spacial score (nSPS) is 10.9. The first-order valence-electron chi connectivity index (χ1n) is 7.79. The molecule has 0 aromatic heterocycles. The molecule has 0 radical (unpaired) electrons. The number of non-ortho nitro benzene ring substituents is 1.